The minimum Gasteiger partial charge on any atom is -0.444 e. The number of aromatic nitrogens is 2. The van der Waals surface area contributed by atoms with Crippen molar-refractivity contribution in [3.8, 4) is 5.88 Å². The number of rotatable bonds is 12. The Morgan fingerprint density at radius 3 is 1.37 bits per heavy atom. The van der Waals surface area contributed by atoms with Gasteiger partial charge < -0.3 is 58.2 Å². The molecular weight excluding hydrogens is 1200 g/mol. The first kappa shape index (κ1) is 70.2. The molecule has 0 aliphatic carbocycles. The van der Waals surface area contributed by atoms with Crippen LogP contribution in [0.1, 0.15) is 70.6 Å². The molecule has 0 radical (unpaired) electrons. The monoisotopic (exact) mass is 1290 g/mol. The number of halogens is 2. The van der Waals surface area contributed by atoms with Crippen LogP contribution in [-0.2, 0) is 36.7 Å². The molecule has 0 unspecified atom stereocenters. The Labute approximate surface area is 557 Å². The van der Waals surface area contributed by atoms with E-state index in [0.29, 0.717) is 24.9 Å². The summed E-state index contributed by atoms with van der Waals surface area (Å²) in [6, 6.07) is 52.3. The lowest BCUT2D eigenvalue weighted by Crippen LogP contribution is -2.55. The van der Waals surface area contributed by atoms with Crippen molar-refractivity contribution < 1.29 is 23.9 Å². The van der Waals surface area contributed by atoms with Crippen molar-refractivity contribution in [3.63, 3.8) is 0 Å². The van der Waals surface area contributed by atoms with Crippen LogP contribution in [0.4, 0.5) is 33.2 Å². The van der Waals surface area contributed by atoms with Gasteiger partial charge in [-0.05, 0) is 119 Å². The van der Waals surface area contributed by atoms with Gasteiger partial charge >= 0.3 is 6.09 Å². The molecule has 19 heteroatoms. The smallest absolute Gasteiger partial charge is 0.410 e. The number of nitrogens with one attached hydrogen (secondary N) is 1. The Balaban J connectivity index is 0.000000167. The van der Waals surface area contributed by atoms with Crippen molar-refractivity contribution in [2.24, 2.45) is 14.1 Å². The lowest BCUT2D eigenvalue weighted by Gasteiger charge is -2.41. The average Bonchev–Trinajstić information content (AvgIpc) is 1.60. The number of nitrogens with zero attached hydrogens (tertiary/aromatic N) is 11. The molecule has 0 spiro atoms. The highest BCUT2D eigenvalue weighted by molar-refractivity contribution is 6.33. The summed E-state index contributed by atoms with van der Waals surface area (Å²) in [5.41, 5.74) is 8.68. The first-order valence-corrected chi connectivity index (χ1v) is 32.9. The van der Waals surface area contributed by atoms with E-state index in [2.05, 4.69) is 152 Å². The fourth-order valence-corrected chi connectivity index (χ4v) is 13.0. The number of carbonyl (C=O) groups excluding carboxylic acids is 3. The summed E-state index contributed by atoms with van der Waals surface area (Å²) < 4.78 is 14.2. The van der Waals surface area contributed by atoms with E-state index in [1.165, 1.54) is 22.6 Å². The van der Waals surface area contributed by atoms with Crippen LogP contribution < -0.4 is 34.6 Å². The van der Waals surface area contributed by atoms with Gasteiger partial charge in [-0.3, -0.25) is 19.4 Å². The molecule has 1 N–H and O–H groups in total. The molecular formula is C73H98Cl2N12O5. The van der Waals surface area contributed by atoms with Gasteiger partial charge in [0.25, 0.3) is 12.4 Å². The number of piperazine rings is 5. The van der Waals surface area contributed by atoms with E-state index in [0.717, 1.165) is 150 Å². The van der Waals surface area contributed by atoms with Crippen LogP contribution in [0.5, 0.6) is 5.88 Å². The van der Waals surface area contributed by atoms with E-state index >= 15 is 0 Å². The molecule has 7 aromatic rings. The zero-order chi connectivity index (χ0) is 64.4. The molecule has 2 amide bonds. The topological polar surface area (TPSA) is 121 Å². The number of ether oxygens (including phenoxy) is 2. The maximum Gasteiger partial charge on any atom is 0.410 e. The molecule has 494 valence electrons. The van der Waals surface area contributed by atoms with Crippen LogP contribution in [0.15, 0.2) is 164 Å². The number of benzene rings is 5. The Kier molecular flexibility index (Phi) is 25.8. The summed E-state index contributed by atoms with van der Waals surface area (Å²) in [5, 5.41) is 5.06. The highest BCUT2D eigenvalue weighted by Crippen LogP contribution is 2.30. The van der Waals surface area contributed by atoms with E-state index < -0.39 is 5.60 Å². The third kappa shape index (κ3) is 19.7. The molecule has 17 nitrogen and oxygen atoms in total. The summed E-state index contributed by atoms with van der Waals surface area (Å²) in [7, 11) is 3.86. The van der Waals surface area contributed by atoms with E-state index in [1.807, 2.05) is 127 Å². The minimum absolute atomic E-state index is 0. The zero-order valence-electron chi connectivity index (χ0n) is 54.5. The quantitative estimate of drug-likeness (QED) is 0.117. The van der Waals surface area contributed by atoms with Gasteiger partial charge in [0, 0.05) is 192 Å². The first-order valence-electron chi connectivity index (χ1n) is 32.2. The summed E-state index contributed by atoms with van der Waals surface area (Å²) in [5.74, 6) is 0.701. The molecule has 92 heavy (non-hydrogen) atoms. The molecule has 5 aliphatic rings. The van der Waals surface area contributed by atoms with Crippen LogP contribution in [0.2, 0.25) is 10.0 Å². The van der Waals surface area contributed by atoms with E-state index in [1.54, 1.807) is 0 Å². The average molecular weight is 1290 g/mol. The molecule has 5 aliphatic heterocycles. The largest absolute Gasteiger partial charge is 0.444 e. The Hall–Kier alpha value is -7.67. The Morgan fingerprint density at radius 2 is 0.935 bits per heavy atom. The fraction of sp³-hybridized carbons (Fsp3) is 0.438. The fourth-order valence-electron chi connectivity index (χ4n) is 12.5. The minimum atomic E-state index is -0.437. The van der Waals surface area contributed by atoms with Crippen LogP contribution in [0.3, 0.4) is 0 Å². The Bertz CT molecular complexity index is 3390. The number of carbonyl (C=O) groups is 3. The van der Waals surface area contributed by atoms with Crippen molar-refractivity contribution in [3.05, 3.63) is 191 Å². The van der Waals surface area contributed by atoms with Crippen molar-refractivity contribution in [2.45, 2.75) is 85.8 Å². The first-order chi connectivity index (χ1) is 43.9. The molecule has 5 fully saturated rings. The highest BCUT2D eigenvalue weighted by Gasteiger charge is 2.33. The summed E-state index contributed by atoms with van der Waals surface area (Å²) >= 11 is 12.7. The third-order valence-electron chi connectivity index (χ3n) is 17.3. The molecule has 12 rings (SSSR count). The lowest BCUT2D eigenvalue weighted by atomic mass is 10.1. The van der Waals surface area contributed by atoms with Gasteiger partial charge in [0.05, 0.1) is 21.4 Å². The lowest BCUT2D eigenvalue weighted by molar-refractivity contribution is -0.121. The number of hydrogen-bond donors (Lipinski definition) is 1. The van der Waals surface area contributed by atoms with Crippen LogP contribution >= 0.6 is 23.2 Å². The van der Waals surface area contributed by atoms with E-state index in [9.17, 15) is 14.4 Å². The van der Waals surface area contributed by atoms with Crippen LogP contribution in [-0.4, -0.2) is 182 Å². The summed E-state index contributed by atoms with van der Waals surface area (Å²) in [4.78, 5) is 56.6. The normalized spacial score (nSPS) is 18.8. The second kappa shape index (κ2) is 33.8. The van der Waals surface area contributed by atoms with Crippen LogP contribution in [0, 0.1) is 0 Å². The number of para-hydroxylation sites is 5. The van der Waals surface area contributed by atoms with Crippen molar-refractivity contribution in [2.75, 3.05) is 136 Å². The van der Waals surface area contributed by atoms with Gasteiger partial charge in [-0.25, -0.2) is 4.79 Å². The predicted octanol–water partition coefficient (Wildman–Crippen LogP) is 12.1. The summed E-state index contributed by atoms with van der Waals surface area (Å²) in [6.07, 6.45) is 3.90. The van der Waals surface area contributed by atoms with Gasteiger partial charge in [-0.15, -0.1) is 0 Å². The van der Waals surface area contributed by atoms with Gasteiger partial charge in [-0.1, -0.05) is 109 Å². The molecule has 5 saturated heterocycles. The van der Waals surface area contributed by atoms with Gasteiger partial charge in [0.1, 0.15) is 11.3 Å². The maximum absolute atomic E-state index is 13.5. The van der Waals surface area contributed by atoms with Crippen LogP contribution in [0.25, 0.3) is 0 Å². The molecule has 7 heterocycles. The second-order valence-electron chi connectivity index (χ2n) is 25.4. The molecule has 3 atom stereocenters. The number of hydrogen-bond acceptors (Lipinski definition) is 13. The second-order valence-corrected chi connectivity index (χ2v) is 26.2. The molecule has 2 aromatic heterocycles. The van der Waals surface area contributed by atoms with Gasteiger partial charge in [0.2, 0.25) is 5.88 Å². The van der Waals surface area contributed by atoms with Gasteiger partial charge in [-0.2, -0.15) is 0 Å². The number of aryl methyl sites for hydroxylation is 2. The SMILES string of the molecule is C.C[C@H]1CN(c2ccccc2)CCN1.C[C@H]1CN(c2ccccc2)CCN1C(=O)OC(C)(C)C.C[C@H]1CN(c2ccccc2)CCN1C(=O)c1cc(CN2CCN(c3ccccc3Cl)CC2)cn1C.Cn1cc(CN2CCN(c3ccccc3Cl)CC2)cc1OC=O. The number of amides is 2. The standard InChI is InChI=1S/C28H34ClN5O.C17H20ClN3O2.C16H24N2O2.C11H16N2.CH4/c1-22-19-33(24-8-4-3-5-9-24)16-17-34(22)28(35)27-18-23(20-30(27)2)21-31-12-14-32(15-13-31)26-11-7-6-10-25(26)29;1-19-11-14(10-17(19)23-13-22)12-20-6-8-21(9-7-20)16-5-3-2-4-15(16)18;1-13-12-17(14-8-6-5-7-9-14)10-11-18(13)15(19)20-16(2,3)4;1-10-9-13(8-7-12-10)11-5-3-2-4-6-11;/h3-11,18,20,22H,12-17,19,21H2,1-2H3;2-5,10-11,13H,6-9,12H2,1H3;5-9,13H,10-12H2,1-4H3;2-6,10,12H,7-9H2,1H3;1H4/t22-;;13-;10-;/m0.00./s1. The predicted molar refractivity (Wildman–Crippen MR) is 378 cm³/mol. The van der Waals surface area contributed by atoms with Crippen molar-refractivity contribution >= 4 is 70.1 Å². The molecule has 0 bridgehead atoms. The maximum atomic E-state index is 13.5. The van der Waals surface area contributed by atoms with E-state index in [4.69, 9.17) is 32.7 Å². The number of anilines is 5. The molecule has 0 saturated carbocycles. The highest BCUT2D eigenvalue weighted by atomic mass is 35.5. The van der Waals surface area contributed by atoms with Gasteiger partial charge in [0.15, 0.2) is 0 Å². The molecule has 5 aromatic carbocycles. The Morgan fingerprint density at radius 1 is 0.522 bits per heavy atom. The van der Waals surface area contributed by atoms with E-state index in [-0.39, 0.29) is 31.5 Å². The third-order valence-corrected chi connectivity index (χ3v) is 17.9. The van der Waals surface area contributed by atoms with Crippen molar-refractivity contribution in [1.82, 2.24) is 34.1 Å². The summed E-state index contributed by atoms with van der Waals surface area (Å²) in [6.45, 7) is 30.2. The van der Waals surface area contributed by atoms with Crippen molar-refractivity contribution in [1.29, 1.82) is 0 Å². The zero-order valence-corrected chi connectivity index (χ0v) is 56.1.